The summed E-state index contributed by atoms with van der Waals surface area (Å²) in [4.78, 5) is 8.03. The van der Waals surface area contributed by atoms with Crippen LogP contribution in [0.4, 0.5) is 19.0 Å². The van der Waals surface area contributed by atoms with Crippen molar-refractivity contribution in [1.82, 2.24) is 9.97 Å². The molecule has 0 aliphatic carbocycles. The van der Waals surface area contributed by atoms with Crippen LogP contribution < -0.4 is 10.5 Å². The predicted octanol–water partition coefficient (Wildman–Crippen LogP) is 3.06. The minimum absolute atomic E-state index is 0.0221. The Morgan fingerprint density at radius 3 is 2.50 bits per heavy atom. The number of ether oxygens (including phenoxy) is 1. The Bertz CT molecular complexity index is 729. The number of nitrogens with zero attached hydrogens (tertiary/aromatic N) is 2. The number of halogens is 3. The molecule has 0 aliphatic heterocycles. The Morgan fingerprint density at radius 1 is 1.32 bits per heavy atom. The van der Waals surface area contributed by atoms with Gasteiger partial charge in [0.2, 0.25) is 0 Å². The summed E-state index contributed by atoms with van der Waals surface area (Å²) in [6, 6.07) is 1.92. The maximum Gasteiger partial charge on any atom is 0.416 e. The van der Waals surface area contributed by atoms with Gasteiger partial charge in [-0.05, 0) is 24.6 Å². The van der Waals surface area contributed by atoms with E-state index in [2.05, 4.69) is 9.97 Å². The lowest BCUT2D eigenvalue weighted by Gasteiger charge is -2.15. The fraction of sp³-hybridized carbons (Fsp3) is 0.214. The molecular formula is C14H13F3N4O. The number of hydrogen-bond donors (Lipinski definition) is 2. The summed E-state index contributed by atoms with van der Waals surface area (Å²) in [7, 11) is 1.28. The summed E-state index contributed by atoms with van der Waals surface area (Å²) in [6.45, 7) is 1.52. The number of rotatable bonds is 3. The van der Waals surface area contributed by atoms with Crippen LogP contribution in [0.15, 0.2) is 18.3 Å². The van der Waals surface area contributed by atoms with E-state index >= 15 is 0 Å². The van der Waals surface area contributed by atoms with Crippen molar-refractivity contribution in [3.05, 3.63) is 35.2 Å². The Balaban J connectivity index is 2.65. The molecular weight excluding hydrogens is 297 g/mol. The molecule has 0 spiro atoms. The molecule has 1 aromatic carbocycles. The summed E-state index contributed by atoms with van der Waals surface area (Å²) in [5.74, 6) is 0.0532. The number of aromatic nitrogens is 2. The third-order valence-electron chi connectivity index (χ3n) is 3.07. The lowest BCUT2D eigenvalue weighted by Crippen LogP contribution is -2.07. The molecule has 0 saturated heterocycles. The largest absolute Gasteiger partial charge is 0.496 e. The molecule has 0 saturated carbocycles. The van der Waals surface area contributed by atoms with Crippen molar-refractivity contribution in [3.63, 3.8) is 0 Å². The normalized spacial score (nSPS) is 11.3. The molecule has 0 fully saturated rings. The molecule has 5 nitrogen and oxygen atoms in total. The van der Waals surface area contributed by atoms with Gasteiger partial charge in [-0.25, -0.2) is 9.97 Å². The second-order valence-electron chi connectivity index (χ2n) is 4.54. The quantitative estimate of drug-likeness (QED) is 0.853. The smallest absolute Gasteiger partial charge is 0.416 e. The minimum atomic E-state index is -4.47. The zero-order chi connectivity index (χ0) is 16.5. The topological polar surface area (TPSA) is 84.9 Å². The Labute approximate surface area is 124 Å². The molecule has 2 aromatic rings. The van der Waals surface area contributed by atoms with Crippen molar-refractivity contribution in [2.24, 2.45) is 0 Å². The highest BCUT2D eigenvalue weighted by atomic mass is 19.4. The monoisotopic (exact) mass is 310 g/mol. The van der Waals surface area contributed by atoms with Gasteiger partial charge in [-0.3, -0.25) is 0 Å². The van der Waals surface area contributed by atoms with Crippen molar-refractivity contribution in [1.29, 1.82) is 5.41 Å². The first-order valence-electron chi connectivity index (χ1n) is 6.17. The number of alkyl halides is 3. The van der Waals surface area contributed by atoms with Gasteiger partial charge in [0.25, 0.3) is 0 Å². The first kappa shape index (κ1) is 15.7. The number of nitrogens with two attached hydrogens (primary N) is 1. The number of methoxy groups -OCH3 is 1. The third kappa shape index (κ3) is 2.85. The second-order valence-corrected chi connectivity index (χ2v) is 4.54. The van der Waals surface area contributed by atoms with Crippen LogP contribution >= 0.6 is 0 Å². The first-order chi connectivity index (χ1) is 10.3. The van der Waals surface area contributed by atoms with Gasteiger partial charge in [0.1, 0.15) is 11.4 Å². The van der Waals surface area contributed by atoms with Crippen LogP contribution in [0.3, 0.4) is 0 Å². The van der Waals surface area contributed by atoms with Gasteiger partial charge in [-0.2, -0.15) is 13.2 Å². The number of nitrogen functional groups attached to an aromatic ring is 1. The molecule has 0 aliphatic rings. The molecule has 1 aromatic heterocycles. The average molecular weight is 310 g/mol. The zero-order valence-corrected chi connectivity index (χ0v) is 11.8. The highest BCUT2D eigenvalue weighted by Gasteiger charge is 2.32. The Morgan fingerprint density at radius 2 is 2.00 bits per heavy atom. The van der Waals surface area contributed by atoms with Gasteiger partial charge in [0.15, 0.2) is 5.82 Å². The Hall–Kier alpha value is -2.64. The van der Waals surface area contributed by atoms with Crippen LogP contribution in [0.2, 0.25) is 0 Å². The summed E-state index contributed by atoms with van der Waals surface area (Å²) in [6.07, 6.45) is -2.18. The molecule has 22 heavy (non-hydrogen) atoms. The van der Waals surface area contributed by atoms with E-state index < -0.39 is 11.7 Å². The highest BCUT2D eigenvalue weighted by molar-refractivity contribution is 5.82. The van der Waals surface area contributed by atoms with E-state index in [0.717, 1.165) is 18.3 Å². The van der Waals surface area contributed by atoms with E-state index in [1.165, 1.54) is 20.2 Å². The number of hydrogen-bond acceptors (Lipinski definition) is 5. The molecule has 0 bridgehead atoms. The lowest BCUT2D eigenvalue weighted by atomic mass is 10.0. The molecule has 0 unspecified atom stereocenters. The first-order valence-corrected chi connectivity index (χ1v) is 6.17. The third-order valence-corrected chi connectivity index (χ3v) is 3.07. The van der Waals surface area contributed by atoms with Crippen molar-refractivity contribution in [2.75, 3.05) is 12.8 Å². The number of benzene rings is 1. The molecule has 116 valence electrons. The molecule has 1 heterocycles. The molecule has 0 atom stereocenters. The second kappa shape index (κ2) is 5.63. The van der Waals surface area contributed by atoms with E-state index in [-0.39, 0.29) is 23.0 Å². The van der Waals surface area contributed by atoms with Gasteiger partial charge in [0.05, 0.1) is 24.6 Å². The van der Waals surface area contributed by atoms with Crippen molar-refractivity contribution < 1.29 is 17.9 Å². The molecule has 0 radical (unpaired) electrons. The van der Waals surface area contributed by atoms with Gasteiger partial charge in [0, 0.05) is 11.8 Å². The van der Waals surface area contributed by atoms with Gasteiger partial charge in [-0.15, -0.1) is 0 Å². The molecule has 0 amide bonds. The SMILES string of the molecule is COc1cc(C(F)(F)F)cc(C)c1-c1cnc(C=N)c(N)n1. The van der Waals surface area contributed by atoms with Gasteiger partial charge in [-0.1, -0.05) is 0 Å². The Kier molecular flexibility index (Phi) is 4.03. The molecule has 3 N–H and O–H groups in total. The number of anilines is 1. The summed E-state index contributed by atoms with van der Waals surface area (Å²) >= 11 is 0. The predicted molar refractivity (Wildman–Crippen MR) is 76.1 cm³/mol. The summed E-state index contributed by atoms with van der Waals surface area (Å²) in [5.41, 5.74) is 6.05. The van der Waals surface area contributed by atoms with Gasteiger partial charge >= 0.3 is 6.18 Å². The molecule has 2 rings (SSSR count). The lowest BCUT2D eigenvalue weighted by molar-refractivity contribution is -0.137. The maximum atomic E-state index is 12.9. The van der Waals surface area contributed by atoms with Crippen molar-refractivity contribution >= 4 is 12.0 Å². The van der Waals surface area contributed by atoms with E-state index in [0.29, 0.717) is 11.1 Å². The average Bonchev–Trinajstić information content (AvgIpc) is 2.45. The summed E-state index contributed by atoms with van der Waals surface area (Å²) < 4.78 is 43.6. The van der Waals surface area contributed by atoms with E-state index in [1.807, 2.05) is 0 Å². The fourth-order valence-electron chi connectivity index (χ4n) is 2.05. The van der Waals surface area contributed by atoms with Crippen LogP contribution in [0, 0.1) is 12.3 Å². The number of aryl methyl sites for hydroxylation is 1. The fourth-order valence-corrected chi connectivity index (χ4v) is 2.05. The van der Waals surface area contributed by atoms with Crippen molar-refractivity contribution in [2.45, 2.75) is 13.1 Å². The van der Waals surface area contributed by atoms with Gasteiger partial charge < -0.3 is 15.9 Å². The van der Waals surface area contributed by atoms with E-state index in [9.17, 15) is 13.2 Å². The highest BCUT2D eigenvalue weighted by Crippen LogP contribution is 2.39. The van der Waals surface area contributed by atoms with Crippen LogP contribution in [0.1, 0.15) is 16.8 Å². The standard InChI is InChI=1S/C14H13F3N4O/c1-7-3-8(14(15,16)17)4-11(22-2)12(7)10-6-20-9(5-18)13(19)21-10/h3-6,18H,1-2H3,(H2,19,21). The van der Waals surface area contributed by atoms with Crippen LogP contribution in [-0.4, -0.2) is 23.3 Å². The summed E-state index contributed by atoms with van der Waals surface area (Å²) in [5, 5.41) is 7.12. The van der Waals surface area contributed by atoms with Crippen LogP contribution in [0.5, 0.6) is 5.75 Å². The van der Waals surface area contributed by atoms with Crippen molar-refractivity contribution in [3.8, 4) is 17.0 Å². The van der Waals surface area contributed by atoms with E-state index in [4.69, 9.17) is 15.9 Å². The van der Waals surface area contributed by atoms with E-state index in [1.54, 1.807) is 0 Å². The number of nitrogens with one attached hydrogen (secondary N) is 1. The maximum absolute atomic E-state index is 12.9. The zero-order valence-electron chi connectivity index (χ0n) is 11.8. The minimum Gasteiger partial charge on any atom is -0.496 e. The molecule has 8 heteroatoms. The van der Waals surface area contributed by atoms with Crippen LogP contribution in [-0.2, 0) is 6.18 Å². The van der Waals surface area contributed by atoms with Crippen LogP contribution in [0.25, 0.3) is 11.3 Å².